The standard InChI is InChI=1S/C12H13N3O2S2.BrH/c16-19(17)7-10-11(8-19)18-12(14-10)15-13-6-9-4-2-1-3-5-9;/h1-6,10-11H,7-8H2,(H,14,15);1H/b13-6+;/t10-,11+;/m0./s1. The highest BCUT2D eigenvalue weighted by Crippen LogP contribution is 2.26. The third-order valence-corrected chi connectivity index (χ3v) is 6.38. The minimum atomic E-state index is -2.84. The van der Waals surface area contributed by atoms with E-state index in [0.29, 0.717) is 0 Å². The molecule has 2 aliphatic rings. The van der Waals surface area contributed by atoms with Crippen molar-refractivity contribution in [2.24, 2.45) is 10.2 Å². The van der Waals surface area contributed by atoms with Gasteiger partial charge in [-0.25, -0.2) is 8.42 Å². The Bertz CT molecular complexity index is 609. The summed E-state index contributed by atoms with van der Waals surface area (Å²) >= 11 is 1.52. The van der Waals surface area contributed by atoms with Crippen molar-refractivity contribution in [1.29, 1.82) is 0 Å². The van der Waals surface area contributed by atoms with Gasteiger partial charge in [-0.15, -0.1) is 0 Å². The maximum absolute atomic E-state index is 11.4. The molecule has 0 radical (unpaired) electrons. The van der Waals surface area contributed by atoms with E-state index in [1.807, 2.05) is 35.6 Å². The summed E-state index contributed by atoms with van der Waals surface area (Å²) in [7, 11) is -2.84. The topological polar surface area (TPSA) is 75.5 Å². The summed E-state index contributed by atoms with van der Waals surface area (Å²) in [5.41, 5.74) is 0.998. The van der Waals surface area contributed by atoms with Crippen LogP contribution in [0.3, 0.4) is 0 Å². The summed E-state index contributed by atoms with van der Waals surface area (Å²) in [5, 5.41) is 11.1. The number of thioether (sulfide) groups is 1. The van der Waals surface area contributed by atoms with Crippen molar-refractivity contribution in [3.05, 3.63) is 35.9 Å². The van der Waals surface area contributed by atoms with Gasteiger partial charge in [0.1, 0.15) is 11.8 Å². The molecular weight excluding hydrogens is 362 g/mol. The molecule has 0 saturated carbocycles. The fourth-order valence-electron chi connectivity index (χ4n) is 2.25. The molecule has 1 aromatic carbocycles. The number of halogens is 1. The third kappa shape index (κ3) is 3.69. The molecule has 20 heavy (non-hydrogen) atoms. The Morgan fingerprint density at radius 3 is 2.70 bits per heavy atom. The van der Waals surface area contributed by atoms with Crippen LogP contribution in [0.2, 0.25) is 0 Å². The number of fused-ring (bicyclic) bond motifs is 1. The van der Waals surface area contributed by atoms with Gasteiger partial charge in [0.25, 0.3) is 5.17 Å². The number of benzene rings is 1. The van der Waals surface area contributed by atoms with Crippen molar-refractivity contribution in [3.63, 3.8) is 0 Å². The van der Waals surface area contributed by atoms with E-state index < -0.39 is 9.84 Å². The summed E-state index contributed by atoms with van der Waals surface area (Å²) in [4.78, 5) is 0. The molecule has 2 fully saturated rings. The number of nitrogens with two attached hydrogens (primary N) is 1. The summed E-state index contributed by atoms with van der Waals surface area (Å²) in [6, 6.07) is 9.86. The molecule has 0 amide bonds. The molecule has 2 saturated heterocycles. The molecular formula is C12H14BrN3O2S2. The Morgan fingerprint density at radius 1 is 1.25 bits per heavy atom. The predicted molar refractivity (Wildman–Crippen MR) is 77.2 cm³/mol. The lowest BCUT2D eigenvalue weighted by Gasteiger charge is -1.96. The monoisotopic (exact) mass is 375 g/mol. The van der Waals surface area contributed by atoms with Crippen LogP contribution in [0.15, 0.2) is 40.5 Å². The van der Waals surface area contributed by atoms with Gasteiger partial charge in [-0.05, 0) is 17.3 Å². The normalized spacial score (nSPS) is 29.5. The molecule has 2 N–H and O–H groups in total. The fraction of sp³-hybridized carbons (Fsp3) is 0.333. The van der Waals surface area contributed by atoms with E-state index in [1.54, 1.807) is 6.21 Å². The van der Waals surface area contributed by atoms with Crippen molar-refractivity contribution in [3.8, 4) is 0 Å². The molecule has 0 spiro atoms. The highest BCUT2D eigenvalue weighted by atomic mass is 79.9. The fourth-order valence-corrected chi connectivity index (χ4v) is 6.07. The van der Waals surface area contributed by atoms with Gasteiger partial charge >= 0.3 is 0 Å². The number of rotatable bonds is 2. The van der Waals surface area contributed by atoms with Crippen LogP contribution < -0.4 is 22.3 Å². The van der Waals surface area contributed by atoms with E-state index in [9.17, 15) is 8.42 Å². The summed E-state index contributed by atoms with van der Waals surface area (Å²) in [6.45, 7) is 0. The van der Waals surface area contributed by atoms with Gasteiger partial charge in [0, 0.05) is 0 Å². The molecule has 0 unspecified atom stereocenters. The zero-order chi connectivity index (χ0) is 13.3. The molecule has 0 bridgehead atoms. The van der Waals surface area contributed by atoms with E-state index in [2.05, 4.69) is 10.2 Å². The molecule has 108 valence electrons. The molecule has 0 aromatic heterocycles. The second-order valence-corrected chi connectivity index (χ2v) is 8.07. The van der Waals surface area contributed by atoms with Crippen molar-refractivity contribution < 1.29 is 30.7 Å². The first-order valence-corrected chi connectivity index (χ1v) is 8.70. The largest absolute Gasteiger partial charge is 1.00 e. The molecule has 5 nitrogen and oxygen atoms in total. The van der Waals surface area contributed by atoms with Crippen molar-refractivity contribution in [2.45, 2.75) is 11.3 Å². The zero-order valence-electron chi connectivity index (χ0n) is 10.5. The molecule has 3 rings (SSSR count). The van der Waals surface area contributed by atoms with E-state index in [1.165, 1.54) is 11.8 Å². The molecule has 8 heteroatoms. The molecule has 0 aliphatic carbocycles. The van der Waals surface area contributed by atoms with Crippen molar-refractivity contribution >= 4 is 33.0 Å². The first kappa shape index (κ1) is 15.7. The molecule has 2 aliphatic heterocycles. The SMILES string of the molecule is O=S1(=O)C[C@@H]2[NH2+]/C(=N/N=C/c3ccccc3)S[C@@H]2C1.[Br-]. The van der Waals surface area contributed by atoms with Crippen LogP contribution >= 0.6 is 11.8 Å². The Balaban J connectivity index is 0.00000147. The van der Waals surface area contributed by atoms with Crippen LogP contribution in [-0.2, 0) is 9.84 Å². The average Bonchev–Trinajstić information content (AvgIpc) is 2.83. The Kier molecular flexibility index (Phi) is 5.00. The highest BCUT2D eigenvalue weighted by molar-refractivity contribution is 8.15. The number of nitrogens with zero attached hydrogens (tertiary/aromatic N) is 2. The first-order chi connectivity index (χ1) is 9.12. The predicted octanol–water partition coefficient (Wildman–Crippen LogP) is -3.14. The van der Waals surface area contributed by atoms with Gasteiger partial charge in [0.15, 0.2) is 9.84 Å². The van der Waals surface area contributed by atoms with Gasteiger partial charge in [-0.1, -0.05) is 35.4 Å². The van der Waals surface area contributed by atoms with Crippen LogP contribution in [0.1, 0.15) is 5.56 Å². The van der Waals surface area contributed by atoms with E-state index >= 15 is 0 Å². The Hall–Kier alpha value is -0.700. The van der Waals surface area contributed by atoms with E-state index in [-0.39, 0.29) is 39.8 Å². The number of amidine groups is 1. The van der Waals surface area contributed by atoms with E-state index in [4.69, 9.17) is 0 Å². The van der Waals surface area contributed by atoms with Gasteiger partial charge < -0.3 is 17.0 Å². The maximum Gasteiger partial charge on any atom is 0.280 e. The number of sulfone groups is 1. The number of hydrogen-bond acceptors (Lipinski definition) is 5. The van der Waals surface area contributed by atoms with Crippen LogP contribution in [-0.4, -0.2) is 42.6 Å². The van der Waals surface area contributed by atoms with Gasteiger partial charge in [0.2, 0.25) is 0 Å². The Labute approximate surface area is 132 Å². The van der Waals surface area contributed by atoms with Crippen LogP contribution in [0.5, 0.6) is 0 Å². The third-order valence-electron chi connectivity index (χ3n) is 3.13. The van der Waals surface area contributed by atoms with Crippen molar-refractivity contribution in [2.75, 3.05) is 11.5 Å². The van der Waals surface area contributed by atoms with E-state index in [0.717, 1.165) is 10.7 Å². The second-order valence-electron chi connectivity index (χ2n) is 4.66. The molecule has 2 atom stereocenters. The van der Waals surface area contributed by atoms with Gasteiger partial charge in [0.05, 0.1) is 17.2 Å². The minimum absolute atomic E-state index is 0. The molecule has 1 aromatic rings. The first-order valence-electron chi connectivity index (χ1n) is 6.00. The van der Waals surface area contributed by atoms with Crippen molar-refractivity contribution in [1.82, 2.24) is 0 Å². The summed E-state index contributed by atoms with van der Waals surface area (Å²) in [5.74, 6) is 0.520. The number of quaternary nitrogens is 1. The second kappa shape index (κ2) is 6.38. The summed E-state index contributed by atoms with van der Waals surface area (Å²) < 4.78 is 22.9. The summed E-state index contributed by atoms with van der Waals surface area (Å²) in [6.07, 6.45) is 1.70. The molecule has 2 heterocycles. The zero-order valence-corrected chi connectivity index (χ0v) is 13.7. The van der Waals surface area contributed by atoms with Gasteiger partial charge in [-0.3, -0.25) is 5.32 Å². The van der Waals surface area contributed by atoms with Crippen LogP contribution in [0, 0.1) is 0 Å². The minimum Gasteiger partial charge on any atom is -1.00 e. The van der Waals surface area contributed by atoms with Crippen LogP contribution in [0.4, 0.5) is 0 Å². The quantitative estimate of drug-likeness (QED) is 0.438. The van der Waals surface area contributed by atoms with Crippen LogP contribution in [0.25, 0.3) is 0 Å². The Morgan fingerprint density at radius 2 is 2.00 bits per heavy atom. The highest BCUT2D eigenvalue weighted by Gasteiger charge is 2.47. The maximum atomic E-state index is 11.4. The van der Waals surface area contributed by atoms with Gasteiger partial charge in [-0.2, -0.15) is 5.10 Å². The lowest BCUT2D eigenvalue weighted by molar-refractivity contribution is -0.563. The lowest BCUT2D eigenvalue weighted by Crippen LogP contribution is -3.00. The average molecular weight is 376 g/mol. The smallest absolute Gasteiger partial charge is 0.280 e. The number of hydrogen-bond donors (Lipinski definition) is 1. The lowest BCUT2D eigenvalue weighted by atomic mass is 10.2.